The number of ether oxygens (including phenoxy) is 13. The van der Waals surface area contributed by atoms with Gasteiger partial charge in [-0.2, -0.15) is 0 Å². The molecule has 31 nitrogen and oxygen atoms in total. The maximum atomic E-state index is 16.0. The molecule has 10 aliphatic rings. The van der Waals surface area contributed by atoms with Gasteiger partial charge in [0.05, 0.1) is 50.2 Å². The summed E-state index contributed by atoms with van der Waals surface area (Å²) in [6, 6.07) is 6.78. The van der Waals surface area contributed by atoms with Crippen LogP contribution >= 0.6 is 0 Å². The summed E-state index contributed by atoms with van der Waals surface area (Å²) in [4.78, 5) is 70.2. The molecule has 0 amide bonds. The van der Waals surface area contributed by atoms with Gasteiger partial charge >= 0.3 is 23.9 Å². The first kappa shape index (κ1) is 78.3. The normalized spacial score (nSPS) is 48.5. The number of aliphatic hydroxyl groups excluding tert-OH is 12. The monoisotopic (exact) mass is 1450 g/mol. The Hall–Kier alpha value is -4.79. The van der Waals surface area contributed by atoms with E-state index in [4.69, 9.17) is 61.6 Å². The van der Waals surface area contributed by atoms with E-state index in [9.17, 15) is 85.6 Å². The van der Waals surface area contributed by atoms with Crippen LogP contribution in [0.15, 0.2) is 42.0 Å². The number of carbonyl (C=O) groups excluding carboxylic acids is 4. The fourth-order valence-electron chi connectivity index (χ4n) is 19.0. The molecule has 572 valence electrons. The molecule has 0 radical (unpaired) electrons. The Labute approximate surface area is 589 Å². The lowest BCUT2D eigenvalue weighted by molar-refractivity contribution is -0.391. The third kappa shape index (κ3) is 13.8. The number of aldehydes is 1. The second-order valence-electron chi connectivity index (χ2n) is 31.5. The number of carboxylic acids is 1. The van der Waals surface area contributed by atoms with Crippen LogP contribution in [0.4, 0.5) is 0 Å². The van der Waals surface area contributed by atoms with Gasteiger partial charge in [-0.15, -0.1) is 0 Å². The highest BCUT2D eigenvalue weighted by atomic mass is 16.8. The van der Waals surface area contributed by atoms with E-state index in [1.54, 1.807) is 31.2 Å². The van der Waals surface area contributed by atoms with E-state index >= 15 is 4.79 Å². The van der Waals surface area contributed by atoms with E-state index in [1.807, 2.05) is 0 Å². The van der Waals surface area contributed by atoms with Gasteiger partial charge in [-0.3, -0.25) is 9.59 Å². The van der Waals surface area contributed by atoms with Crippen LogP contribution in [-0.4, -0.2) is 277 Å². The van der Waals surface area contributed by atoms with Crippen LogP contribution in [0.2, 0.25) is 0 Å². The average molecular weight is 1450 g/mol. The van der Waals surface area contributed by atoms with Gasteiger partial charge in [0.1, 0.15) is 96.8 Å². The molecule has 34 atom stereocenters. The van der Waals surface area contributed by atoms with Crippen LogP contribution < -0.4 is 4.74 Å². The zero-order valence-electron chi connectivity index (χ0n) is 58.8. The molecule has 102 heavy (non-hydrogen) atoms. The zero-order valence-corrected chi connectivity index (χ0v) is 58.8. The Morgan fingerprint density at radius 2 is 1.24 bits per heavy atom. The molecule has 11 rings (SSSR count). The number of allylic oxidation sites excluding steroid dienone is 2. The van der Waals surface area contributed by atoms with Gasteiger partial charge in [-0.05, 0) is 135 Å². The third-order valence-corrected chi connectivity index (χ3v) is 25.1. The van der Waals surface area contributed by atoms with Crippen molar-refractivity contribution in [3.8, 4) is 5.75 Å². The highest BCUT2D eigenvalue weighted by Crippen LogP contribution is 2.76. The summed E-state index contributed by atoms with van der Waals surface area (Å²) in [6.45, 7) is 14.8. The van der Waals surface area contributed by atoms with Crippen LogP contribution in [0, 0.1) is 50.2 Å². The molecular formula is C71H102O31. The quantitative estimate of drug-likeness (QED) is 0.0221. The third-order valence-electron chi connectivity index (χ3n) is 25.1. The fourth-order valence-corrected chi connectivity index (χ4v) is 19.0. The molecule has 5 aliphatic heterocycles. The largest absolute Gasteiger partial charge is 0.497 e. The second-order valence-corrected chi connectivity index (χ2v) is 31.5. The van der Waals surface area contributed by atoms with Crippen molar-refractivity contribution < 1.29 is 152 Å². The van der Waals surface area contributed by atoms with Crippen molar-refractivity contribution in [2.75, 3.05) is 20.3 Å². The van der Waals surface area contributed by atoms with Gasteiger partial charge in [0.25, 0.3) is 0 Å². The smallest absolute Gasteiger partial charge is 0.335 e. The molecule has 5 aliphatic carbocycles. The van der Waals surface area contributed by atoms with Crippen LogP contribution in [0.5, 0.6) is 5.75 Å². The molecule has 31 heteroatoms. The minimum absolute atomic E-state index is 0.0483. The number of methoxy groups -OCH3 is 1. The van der Waals surface area contributed by atoms with Crippen molar-refractivity contribution in [3.05, 3.63) is 47.6 Å². The molecule has 9 fully saturated rings. The molecule has 13 N–H and O–H groups in total. The first-order chi connectivity index (χ1) is 47.9. The van der Waals surface area contributed by atoms with Crippen molar-refractivity contribution in [1.82, 2.24) is 0 Å². The van der Waals surface area contributed by atoms with Crippen LogP contribution in [0.1, 0.15) is 126 Å². The van der Waals surface area contributed by atoms with Crippen molar-refractivity contribution in [2.24, 2.45) is 50.2 Å². The predicted molar refractivity (Wildman–Crippen MR) is 344 cm³/mol. The number of hydrogen-bond acceptors (Lipinski definition) is 30. The van der Waals surface area contributed by atoms with E-state index in [0.29, 0.717) is 49.8 Å². The van der Waals surface area contributed by atoms with E-state index in [2.05, 4.69) is 40.7 Å². The maximum Gasteiger partial charge on any atom is 0.335 e. The summed E-state index contributed by atoms with van der Waals surface area (Å²) in [7, 11) is 1.51. The van der Waals surface area contributed by atoms with Gasteiger partial charge in [-0.25, -0.2) is 9.59 Å². The fraction of sp³-hybridized carbons (Fsp3) is 0.789. The SMILES string of the molecule is COc1ccc(C=CC(=O)OC2C(C)OC(OC(=O)C34CCC(C)(C)CC3C3=CCC5C6(C)CCC(OC7OC(C(=O)O)C(O)C(OC8OCC(O)C(O)C8O)C7OC7OC(CO)C(O)C(O)C7O)C(C)(C=O)C6CCC5(C)C3(C)CC4O)C(OC3OC(C)C(O)C(O)C3O)C2OC(C)=O)cc1. The van der Waals surface area contributed by atoms with Crippen molar-refractivity contribution in [3.63, 3.8) is 0 Å². The lowest BCUT2D eigenvalue weighted by Crippen LogP contribution is -2.69. The Morgan fingerprint density at radius 3 is 1.87 bits per heavy atom. The number of carbonyl (C=O) groups is 5. The highest BCUT2D eigenvalue weighted by molar-refractivity contribution is 5.87. The van der Waals surface area contributed by atoms with Crippen LogP contribution in [0.3, 0.4) is 0 Å². The number of benzene rings is 1. The topological polar surface area (TPSA) is 468 Å². The first-order valence-corrected chi connectivity index (χ1v) is 35.2. The van der Waals surface area contributed by atoms with E-state index < -0.39 is 241 Å². The minimum atomic E-state index is -2.22. The number of rotatable bonds is 18. The van der Waals surface area contributed by atoms with Crippen LogP contribution in [0.25, 0.3) is 6.08 Å². The van der Waals surface area contributed by atoms with Crippen molar-refractivity contribution in [1.29, 1.82) is 0 Å². The molecule has 1 aromatic carbocycles. The number of carboxylic acid groups (broad SMARTS) is 1. The van der Waals surface area contributed by atoms with Crippen molar-refractivity contribution in [2.45, 2.75) is 280 Å². The Morgan fingerprint density at radius 1 is 0.608 bits per heavy atom. The van der Waals surface area contributed by atoms with E-state index in [-0.39, 0.29) is 25.2 Å². The minimum Gasteiger partial charge on any atom is -0.497 e. The molecule has 1 aromatic rings. The number of fused-ring (bicyclic) bond motifs is 7. The van der Waals surface area contributed by atoms with Crippen molar-refractivity contribution >= 4 is 36.2 Å². The van der Waals surface area contributed by atoms with Gasteiger partial charge < -0.3 is 133 Å². The molecule has 5 saturated heterocycles. The number of hydrogen-bond donors (Lipinski definition) is 13. The van der Waals surface area contributed by atoms with E-state index in [1.165, 1.54) is 27.0 Å². The Kier molecular flexibility index (Phi) is 22.8. The molecule has 0 aromatic heterocycles. The van der Waals surface area contributed by atoms with Crippen LogP contribution in [-0.2, 0) is 80.8 Å². The Bertz CT molecular complexity index is 3240. The summed E-state index contributed by atoms with van der Waals surface area (Å²) in [6.07, 6.45) is -37.4. The average Bonchev–Trinajstić information content (AvgIpc) is 0.670. The summed E-state index contributed by atoms with van der Waals surface area (Å²) in [5.74, 6) is -5.21. The Balaban J connectivity index is 0.891. The summed E-state index contributed by atoms with van der Waals surface area (Å²) in [5.41, 5.74) is -4.17. The summed E-state index contributed by atoms with van der Waals surface area (Å²) >= 11 is 0. The molecule has 34 unspecified atom stereocenters. The maximum absolute atomic E-state index is 16.0. The number of aliphatic hydroxyl groups is 12. The standard InChI is InChI=1S/C71H102O31/c1-30-44(78)47(81)50(84)61(92-30)101-58-56(94-32(3)74)53(97-43(77)18-13-33-11-14-34(90-10)15-12-33)31(2)93-63(58)102-65(89)71-24-23-66(4,5)25-36(71)35-16-17-40-67(6)21-20-42(68(7,29-73)39(67)19-22-69(40,8)70(35,9)26-41(71)76)96-64-57(100-62-51(85)48(82)46(80)38(27-72)95-62)54(52(86)55(99-64)59(87)88)98-60-49(83)45(79)37(75)28-91-60/h11-16,18,29-31,36-42,44-58,60-64,72,75-76,78-86H,17,19-28H2,1-10H3,(H,87,88). The zero-order chi connectivity index (χ0) is 74.4. The highest BCUT2D eigenvalue weighted by Gasteiger charge is 2.73. The summed E-state index contributed by atoms with van der Waals surface area (Å²) in [5, 5.41) is 144. The second kappa shape index (κ2) is 29.8. The predicted octanol–water partition coefficient (Wildman–Crippen LogP) is -0.431. The molecule has 0 bridgehead atoms. The molecule has 5 heterocycles. The molecule has 4 saturated carbocycles. The molecule has 0 spiro atoms. The lowest BCUT2D eigenvalue weighted by atomic mass is 9.33. The van der Waals surface area contributed by atoms with E-state index in [0.717, 1.165) is 24.9 Å². The lowest BCUT2D eigenvalue weighted by Gasteiger charge is -2.71. The number of esters is 3. The first-order valence-electron chi connectivity index (χ1n) is 35.2. The van der Waals surface area contributed by atoms with Gasteiger partial charge in [0.2, 0.25) is 6.29 Å². The molecular weight excluding hydrogens is 1350 g/mol. The number of aliphatic carboxylic acids is 1. The van der Waals surface area contributed by atoms with Gasteiger partial charge in [0.15, 0.2) is 49.6 Å². The van der Waals surface area contributed by atoms with Gasteiger partial charge in [-0.1, -0.05) is 65.3 Å². The summed E-state index contributed by atoms with van der Waals surface area (Å²) < 4.78 is 78.7. The van der Waals surface area contributed by atoms with Gasteiger partial charge in [0, 0.05) is 13.0 Å².